The zero-order valence-electron chi connectivity index (χ0n) is 18.6. The van der Waals surface area contributed by atoms with E-state index in [4.69, 9.17) is 34.8 Å². The maximum Gasteiger partial charge on any atom is 0.137 e. The summed E-state index contributed by atoms with van der Waals surface area (Å²) in [5.74, 6) is -1.88. The third kappa shape index (κ3) is 5.16. The van der Waals surface area contributed by atoms with Gasteiger partial charge in [0.1, 0.15) is 40.1 Å². The molecule has 0 bridgehead atoms. The summed E-state index contributed by atoms with van der Waals surface area (Å²) in [6.45, 7) is 3.34. The van der Waals surface area contributed by atoms with Crippen molar-refractivity contribution in [1.82, 2.24) is 15.0 Å². The molecular weight excluding hydrogens is 539 g/mol. The summed E-state index contributed by atoms with van der Waals surface area (Å²) >= 11 is 17.9. The third-order valence-corrected chi connectivity index (χ3v) is 6.51. The van der Waals surface area contributed by atoms with Gasteiger partial charge in [0.15, 0.2) is 0 Å². The molecule has 0 unspecified atom stereocenters. The molecule has 0 radical (unpaired) electrons. The lowest BCUT2D eigenvalue weighted by Gasteiger charge is -2.12. The molecule has 0 saturated heterocycles. The molecule has 0 atom stereocenters. The van der Waals surface area contributed by atoms with E-state index < -0.39 is 23.3 Å². The van der Waals surface area contributed by atoms with Gasteiger partial charge in [-0.05, 0) is 26.0 Å². The van der Waals surface area contributed by atoms with E-state index in [0.29, 0.717) is 22.8 Å². The Bertz CT molecular complexity index is 1620. The highest BCUT2D eigenvalue weighted by molar-refractivity contribution is 6.39. The molecule has 0 fully saturated rings. The SMILES string of the molecule is Cc1c(Cl)nc2cc(F)cc(F)c2c1Cl.Cc1c(Nc2ccccn2)nc2cc(F)cc(F)c2c1Cl. The Hall–Kier alpha value is -3.20. The Morgan fingerprint density at radius 1 is 0.722 bits per heavy atom. The first-order valence-electron chi connectivity index (χ1n) is 10.3. The highest BCUT2D eigenvalue weighted by Gasteiger charge is 2.16. The number of fused-ring (bicyclic) bond motifs is 2. The summed E-state index contributed by atoms with van der Waals surface area (Å²) in [6, 6.07) is 9.15. The van der Waals surface area contributed by atoms with Crippen LogP contribution in [0.4, 0.5) is 29.2 Å². The number of anilines is 2. The molecule has 3 aromatic heterocycles. The lowest BCUT2D eigenvalue weighted by atomic mass is 10.1. The first-order chi connectivity index (χ1) is 17.1. The van der Waals surface area contributed by atoms with Gasteiger partial charge < -0.3 is 5.32 Å². The van der Waals surface area contributed by atoms with Crippen molar-refractivity contribution in [3.63, 3.8) is 0 Å². The van der Waals surface area contributed by atoms with Crippen LogP contribution >= 0.6 is 34.8 Å². The molecule has 0 aliphatic carbocycles. The number of benzene rings is 2. The van der Waals surface area contributed by atoms with Gasteiger partial charge in [0, 0.05) is 41.6 Å². The number of halogens is 7. The molecule has 0 aliphatic rings. The van der Waals surface area contributed by atoms with Crippen LogP contribution in [-0.4, -0.2) is 15.0 Å². The molecule has 36 heavy (non-hydrogen) atoms. The quantitative estimate of drug-likeness (QED) is 0.175. The van der Waals surface area contributed by atoms with Crippen molar-refractivity contribution in [3.05, 3.63) is 98.3 Å². The molecule has 1 N–H and O–H groups in total. The highest BCUT2D eigenvalue weighted by atomic mass is 35.5. The smallest absolute Gasteiger partial charge is 0.137 e. The van der Waals surface area contributed by atoms with Crippen molar-refractivity contribution < 1.29 is 17.6 Å². The highest BCUT2D eigenvalue weighted by Crippen LogP contribution is 2.34. The lowest BCUT2D eigenvalue weighted by Crippen LogP contribution is -2.00. The molecule has 3 heterocycles. The van der Waals surface area contributed by atoms with E-state index >= 15 is 0 Å². The minimum absolute atomic E-state index is 0.0972. The summed E-state index contributed by atoms with van der Waals surface area (Å²) < 4.78 is 53.5. The van der Waals surface area contributed by atoms with Gasteiger partial charge in [-0.25, -0.2) is 32.5 Å². The second kappa shape index (κ2) is 10.4. The van der Waals surface area contributed by atoms with Gasteiger partial charge in [0.2, 0.25) is 0 Å². The Balaban J connectivity index is 0.000000179. The number of hydrogen-bond acceptors (Lipinski definition) is 4. The van der Waals surface area contributed by atoms with Gasteiger partial charge in [0.05, 0.1) is 31.9 Å². The Morgan fingerprint density at radius 3 is 1.83 bits per heavy atom. The molecule has 184 valence electrons. The number of rotatable bonds is 2. The molecule has 4 nitrogen and oxygen atoms in total. The van der Waals surface area contributed by atoms with Gasteiger partial charge in [-0.2, -0.15) is 0 Å². The van der Waals surface area contributed by atoms with Gasteiger partial charge in [0.25, 0.3) is 0 Å². The summed E-state index contributed by atoms with van der Waals surface area (Å²) in [6.07, 6.45) is 1.62. The van der Waals surface area contributed by atoms with Crippen LogP contribution in [0.3, 0.4) is 0 Å². The monoisotopic (exact) mass is 552 g/mol. The standard InChI is InChI=1S/C15H10ClF2N3.C10H5Cl2F2N/c1-8-14(16)13-10(18)6-9(17)7-11(13)20-15(8)21-12-4-2-3-5-19-12;1-4-9(11)8-6(14)2-5(13)3-7(8)15-10(4)12/h2-7H,1H3,(H,19,20,21);2-3H,1H3. The zero-order chi connectivity index (χ0) is 26.1. The predicted octanol–water partition coefficient (Wildman–Crippen LogP) is 8.74. The fourth-order valence-corrected chi connectivity index (χ4v) is 4.16. The van der Waals surface area contributed by atoms with Crippen LogP contribution in [0.25, 0.3) is 21.8 Å². The summed E-state index contributed by atoms with van der Waals surface area (Å²) in [5, 5.41) is 3.73. The molecule has 11 heteroatoms. The molecule has 0 amide bonds. The van der Waals surface area contributed by atoms with Crippen molar-refractivity contribution in [3.8, 4) is 0 Å². The van der Waals surface area contributed by atoms with Gasteiger partial charge >= 0.3 is 0 Å². The molecule has 5 rings (SSSR count). The summed E-state index contributed by atoms with van der Waals surface area (Å²) in [4.78, 5) is 12.2. The summed E-state index contributed by atoms with van der Waals surface area (Å²) in [5.41, 5.74) is 1.33. The normalized spacial score (nSPS) is 10.9. The molecule has 0 saturated carbocycles. The van der Waals surface area contributed by atoms with E-state index in [1.165, 1.54) is 0 Å². The van der Waals surface area contributed by atoms with Crippen LogP contribution < -0.4 is 5.32 Å². The fourth-order valence-electron chi connectivity index (χ4n) is 3.37. The Morgan fingerprint density at radius 2 is 1.28 bits per heavy atom. The van der Waals surface area contributed by atoms with E-state index in [9.17, 15) is 17.6 Å². The largest absolute Gasteiger partial charge is 0.325 e. The van der Waals surface area contributed by atoms with Crippen molar-refractivity contribution in [2.75, 3.05) is 5.32 Å². The van der Waals surface area contributed by atoms with Crippen LogP contribution in [0.2, 0.25) is 15.2 Å². The average molecular weight is 554 g/mol. The van der Waals surface area contributed by atoms with Crippen molar-refractivity contribution in [2.24, 2.45) is 0 Å². The Kier molecular flexibility index (Phi) is 7.49. The van der Waals surface area contributed by atoms with Crippen molar-refractivity contribution >= 4 is 68.2 Å². The number of nitrogens with one attached hydrogen (secondary N) is 1. The van der Waals surface area contributed by atoms with E-state index in [1.807, 2.05) is 6.07 Å². The van der Waals surface area contributed by atoms with E-state index in [0.717, 1.165) is 24.3 Å². The Labute approximate surface area is 217 Å². The molecular formula is C25H15Cl3F4N4. The maximum atomic E-state index is 13.8. The van der Waals surface area contributed by atoms with Crippen LogP contribution in [-0.2, 0) is 0 Å². The molecule has 5 aromatic rings. The number of nitrogens with zero attached hydrogens (tertiary/aromatic N) is 3. The molecule has 0 spiro atoms. The van der Waals surface area contributed by atoms with Gasteiger partial charge in [-0.3, -0.25) is 0 Å². The lowest BCUT2D eigenvalue weighted by molar-refractivity contribution is 0.590. The first kappa shape index (κ1) is 25.9. The van der Waals surface area contributed by atoms with Crippen LogP contribution in [0.15, 0.2) is 48.7 Å². The molecule has 0 aliphatic heterocycles. The minimum Gasteiger partial charge on any atom is -0.325 e. The average Bonchev–Trinajstić information content (AvgIpc) is 2.81. The second-order valence-corrected chi connectivity index (χ2v) is 8.76. The summed E-state index contributed by atoms with van der Waals surface area (Å²) in [7, 11) is 0. The van der Waals surface area contributed by atoms with E-state index in [2.05, 4.69) is 20.3 Å². The first-order valence-corrected chi connectivity index (χ1v) is 11.4. The predicted molar refractivity (Wildman–Crippen MR) is 135 cm³/mol. The zero-order valence-corrected chi connectivity index (χ0v) is 20.9. The number of hydrogen-bond donors (Lipinski definition) is 1. The number of aromatic nitrogens is 3. The molecule has 2 aromatic carbocycles. The number of pyridine rings is 3. The van der Waals surface area contributed by atoms with Crippen molar-refractivity contribution in [2.45, 2.75) is 13.8 Å². The van der Waals surface area contributed by atoms with Crippen LogP contribution in [0, 0.1) is 37.1 Å². The van der Waals surface area contributed by atoms with Crippen LogP contribution in [0.1, 0.15) is 11.1 Å². The van der Waals surface area contributed by atoms with Gasteiger partial charge in [-0.15, -0.1) is 0 Å². The van der Waals surface area contributed by atoms with E-state index in [1.54, 1.807) is 32.2 Å². The third-order valence-electron chi connectivity index (χ3n) is 5.19. The second-order valence-electron chi connectivity index (χ2n) is 7.64. The van der Waals surface area contributed by atoms with E-state index in [-0.39, 0.29) is 37.0 Å². The fraction of sp³-hybridized carbons (Fsp3) is 0.0800. The minimum atomic E-state index is -0.734. The maximum absolute atomic E-state index is 13.8. The van der Waals surface area contributed by atoms with Crippen LogP contribution in [0.5, 0.6) is 0 Å². The topological polar surface area (TPSA) is 50.7 Å². The van der Waals surface area contributed by atoms with Gasteiger partial charge in [-0.1, -0.05) is 40.9 Å². The van der Waals surface area contributed by atoms with Crippen molar-refractivity contribution in [1.29, 1.82) is 0 Å².